The van der Waals surface area contributed by atoms with Crippen LogP contribution in [0.3, 0.4) is 0 Å². The van der Waals surface area contributed by atoms with Crippen molar-refractivity contribution in [1.29, 1.82) is 0 Å². The third-order valence-corrected chi connectivity index (χ3v) is 6.09. The van der Waals surface area contributed by atoms with Gasteiger partial charge in [-0.05, 0) is 31.9 Å². The Balaban J connectivity index is 1.41. The number of aryl methyl sites for hydroxylation is 2. The van der Waals surface area contributed by atoms with Crippen molar-refractivity contribution in [2.24, 2.45) is 7.05 Å². The highest BCUT2D eigenvalue weighted by Crippen LogP contribution is 2.34. The zero-order valence-electron chi connectivity index (χ0n) is 20.4. The molecule has 0 spiro atoms. The smallest absolute Gasteiger partial charge is 0.434 e. The van der Waals surface area contributed by atoms with E-state index in [0.29, 0.717) is 42.7 Å². The van der Waals surface area contributed by atoms with Gasteiger partial charge >= 0.3 is 6.18 Å². The molecule has 0 bridgehead atoms. The molecule has 0 amide bonds. The topological polar surface area (TPSA) is 73.9 Å². The van der Waals surface area contributed by atoms with Crippen LogP contribution in [0.5, 0.6) is 5.75 Å². The van der Waals surface area contributed by atoms with Crippen LogP contribution in [0.15, 0.2) is 42.9 Å². The SMILES string of the molecule is Cc1cnn(C(C)C)c1-c1ncc2c(n1)N(Cc1ccc(-c3nc(C(F)(F)F)cn3C)cc1)CCO2. The van der Waals surface area contributed by atoms with E-state index in [0.717, 1.165) is 23.0 Å². The minimum atomic E-state index is -4.48. The molecule has 5 rings (SSSR count). The molecular weight excluding hydrogens is 471 g/mol. The molecule has 0 N–H and O–H groups in total. The second kappa shape index (κ2) is 8.96. The Morgan fingerprint density at radius 2 is 1.83 bits per heavy atom. The van der Waals surface area contributed by atoms with Gasteiger partial charge in [-0.1, -0.05) is 24.3 Å². The van der Waals surface area contributed by atoms with Gasteiger partial charge in [0.2, 0.25) is 0 Å². The van der Waals surface area contributed by atoms with Gasteiger partial charge < -0.3 is 14.2 Å². The average molecular weight is 498 g/mol. The molecule has 0 fully saturated rings. The van der Waals surface area contributed by atoms with Gasteiger partial charge in [0.25, 0.3) is 0 Å². The van der Waals surface area contributed by atoms with Crippen molar-refractivity contribution in [2.75, 3.05) is 18.1 Å². The summed E-state index contributed by atoms with van der Waals surface area (Å²) in [7, 11) is 1.56. The van der Waals surface area contributed by atoms with Crippen molar-refractivity contribution in [1.82, 2.24) is 29.3 Å². The number of nitrogens with zero attached hydrogens (tertiary/aromatic N) is 7. The molecule has 0 aliphatic carbocycles. The number of ether oxygens (including phenoxy) is 1. The van der Waals surface area contributed by atoms with Crippen molar-refractivity contribution < 1.29 is 17.9 Å². The quantitative estimate of drug-likeness (QED) is 0.384. The van der Waals surface area contributed by atoms with Gasteiger partial charge in [-0.3, -0.25) is 4.68 Å². The molecule has 0 radical (unpaired) electrons. The number of hydrogen-bond donors (Lipinski definition) is 0. The summed E-state index contributed by atoms with van der Waals surface area (Å²) in [6.45, 7) is 7.81. The van der Waals surface area contributed by atoms with Crippen LogP contribution in [0, 0.1) is 6.92 Å². The van der Waals surface area contributed by atoms with Gasteiger partial charge in [0, 0.05) is 31.4 Å². The van der Waals surface area contributed by atoms with E-state index in [1.165, 1.54) is 4.57 Å². The molecule has 1 aliphatic rings. The number of hydrogen-bond acceptors (Lipinski definition) is 6. The molecule has 8 nitrogen and oxygen atoms in total. The van der Waals surface area contributed by atoms with E-state index in [9.17, 15) is 13.2 Å². The summed E-state index contributed by atoms with van der Waals surface area (Å²) in [5.41, 5.74) is 2.56. The van der Waals surface area contributed by atoms with E-state index < -0.39 is 11.9 Å². The largest absolute Gasteiger partial charge is 0.486 e. The molecule has 188 valence electrons. The zero-order chi connectivity index (χ0) is 25.6. The number of alkyl halides is 3. The number of imidazole rings is 1. The molecule has 4 aromatic rings. The fourth-order valence-electron chi connectivity index (χ4n) is 4.30. The number of anilines is 1. The third kappa shape index (κ3) is 4.40. The molecule has 1 aromatic carbocycles. The summed E-state index contributed by atoms with van der Waals surface area (Å²) in [6, 6.07) is 7.52. The van der Waals surface area contributed by atoms with Crippen LogP contribution < -0.4 is 9.64 Å². The first kappa shape index (κ1) is 23.8. The second-order valence-electron chi connectivity index (χ2n) is 9.12. The molecule has 0 unspecified atom stereocenters. The van der Waals surface area contributed by atoms with Crippen molar-refractivity contribution in [3.63, 3.8) is 0 Å². The summed E-state index contributed by atoms with van der Waals surface area (Å²) in [5.74, 6) is 2.16. The molecule has 4 heterocycles. The van der Waals surface area contributed by atoms with Crippen molar-refractivity contribution in [3.8, 4) is 28.7 Å². The molecule has 1 aliphatic heterocycles. The predicted octanol–water partition coefficient (Wildman–Crippen LogP) is 5.05. The lowest BCUT2D eigenvalue weighted by atomic mass is 10.1. The fraction of sp³-hybridized carbons (Fsp3) is 0.360. The monoisotopic (exact) mass is 497 g/mol. The van der Waals surface area contributed by atoms with Crippen LogP contribution >= 0.6 is 0 Å². The van der Waals surface area contributed by atoms with Crippen molar-refractivity contribution >= 4 is 5.82 Å². The van der Waals surface area contributed by atoms with E-state index >= 15 is 0 Å². The standard InChI is InChI=1S/C25H26F3N7O/c1-15(2)35-21(16(3)11-30-35)22-29-12-19-24(32-22)34(9-10-36-19)13-17-5-7-18(8-6-17)23-31-20(14-33(23)4)25(26,27)28/h5-8,11-12,14-15H,9-10,13H2,1-4H3. The molecule has 0 saturated heterocycles. The Morgan fingerprint density at radius 1 is 1.08 bits per heavy atom. The predicted molar refractivity (Wildman–Crippen MR) is 129 cm³/mol. The Labute approximate surface area is 206 Å². The summed E-state index contributed by atoms with van der Waals surface area (Å²) < 4.78 is 48.2. The lowest BCUT2D eigenvalue weighted by Crippen LogP contribution is -2.33. The van der Waals surface area contributed by atoms with E-state index in [-0.39, 0.29) is 11.9 Å². The Hall–Kier alpha value is -3.89. The maximum absolute atomic E-state index is 13.0. The Bertz CT molecular complexity index is 1390. The summed E-state index contributed by atoms with van der Waals surface area (Å²) in [6.07, 6.45) is 0.0283. The average Bonchev–Trinajstić information content (AvgIpc) is 3.42. The van der Waals surface area contributed by atoms with Gasteiger partial charge in [0.15, 0.2) is 23.1 Å². The highest BCUT2D eigenvalue weighted by Gasteiger charge is 2.34. The maximum Gasteiger partial charge on any atom is 0.434 e. The number of aromatic nitrogens is 6. The van der Waals surface area contributed by atoms with Crippen LogP contribution in [0.4, 0.5) is 19.0 Å². The molecule has 3 aromatic heterocycles. The van der Waals surface area contributed by atoms with Crippen LogP contribution in [0.25, 0.3) is 22.9 Å². The van der Waals surface area contributed by atoms with Crippen LogP contribution in [-0.4, -0.2) is 42.5 Å². The van der Waals surface area contributed by atoms with Crippen molar-refractivity contribution in [3.05, 3.63) is 59.7 Å². The first-order valence-corrected chi connectivity index (χ1v) is 11.6. The first-order chi connectivity index (χ1) is 17.1. The van der Waals surface area contributed by atoms with Crippen molar-refractivity contribution in [2.45, 2.75) is 39.5 Å². The maximum atomic E-state index is 13.0. The third-order valence-electron chi connectivity index (χ3n) is 6.09. The van der Waals surface area contributed by atoms with E-state index in [1.54, 1.807) is 25.4 Å². The molecular formula is C25H26F3N7O. The van der Waals surface area contributed by atoms with E-state index in [2.05, 4.69) is 33.8 Å². The minimum absolute atomic E-state index is 0.158. The van der Waals surface area contributed by atoms with Crippen LogP contribution in [-0.2, 0) is 19.8 Å². The van der Waals surface area contributed by atoms with Gasteiger partial charge in [-0.2, -0.15) is 18.3 Å². The number of benzene rings is 1. The Kier molecular flexibility index (Phi) is 5.93. The lowest BCUT2D eigenvalue weighted by Gasteiger charge is -2.30. The Morgan fingerprint density at radius 3 is 2.50 bits per heavy atom. The van der Waals surface area contributed by atoms with Crippen LogP contribution in [0.1, 0.15) is 36.7 Å². The van der Waals surface area contributed by atoms with Gasteiger partial charge in [-0.25, -0.2) is 15.0 Å². The summed E-state index contributed by atoms with van der Waals surface area (Å²) >= 11 is 0. The van der Waals surface area contributed by atoms with E-state index in [4.69, 9.17) is 9.72 Å². The molecule has 0 saturated carbocycles. The molecule has 11 heteroatoms. The summed E-state index contributed by atoms with van der Waals surface area (Å²) in [4.78, 5) is 15.3. The highest BCUT2D eigenvalue weighted by molar-refractivity contribution is 5.62. The van der Waals surface area contributed by atoms with Gasteiger partial charge in [0.1, 0.15) is 18.1 Å². The number of halogens is 3. The fourth-order valence-corrected chi connectivity index (χ4v) is 4.30. The first-order valence-electron chi connectivity index (χ1n) is 11.6. The van der Waals surface area contributed by atoms with E-state index in [1.807, 2.05) is 29.9 Å². The van der Waals surface area contributed by atoms with Gasteiger partial charge in [-0.15, -0.1) is 0 Å². The van der Waals surface area contributed by atoms with Gasteiger partial charge in [0.05, 0.1) is 18.9 Å². The number of fused-ring (bicyclic) bond motifs is 1. The summed E-state index contributed by atoms with van der Waals surface area (Å²) in [5, 5.41) is 4.47. The minimum Gasteiger partial charge on any atom is -0.486 e. The number of rotatable bonds is 5. The molecule has 0 atom stereocenters. The zero-order valence-corrected chi connectivity index (χ0v) is 20.4. The molecule has 36 heavy (non-hydrogen) atoms. The highest BCUT2D eigenvalue weighted by atomic mass is 19.4. The second-order valence-corrected chi connectivity index (χ2v) is 9.12. The van der Waals surface area contributed by atoms with Crippen LogP contribution in [0.2, 0.25) is 0 Å². The lowest BCUT2D eigenvalue weighted by molar-refractivity contribution is -0.140. The normalized spacial score (nSPS) is 13.7.